The Labute approximate surface area is 150 Å². The molecular weight excluding hydrogens is 328 g/mol. The normalized spacial score (nSPS) is 13.7. The molecule has 1 aromatic heterocycles. The molecule has 0 radical (unpaired) electrons. The second-order valence-corrected chi connectivity index (χ2v) is 6.31. The van der Waals surface area contributed by atoms with Gasteiger partial charge in [-0.05, 0) is 43.2 Å². The summed E-state index contributed by atoms with van der Waals surface area (Å²) in [4.78, 5) is 17.0. The van der Waals surface area contributed by atoms with Crippen molar-refractivity contribution in [3.8, 4) is 17.5 Å². The number of carbonyl (C=O) groups excluding carboxylic acids is 1. The number of hydrogen-bond donors (Lipinski definition) is 1. The van der Waals surface area contributed by atoms with Gasteiger partial charge in [-0.3, -0.25) is 4.79 Å². The van der Waals surface area contributed by atoms with Gasteiger partial charge in [-0.1, -0.05) is 29.8 Å². The largest absolute Gasteiger partial charge is 0.339 e. The summed E-state index contributed by atoms with van der Waals surface area (Å²) in [7, 11) is 0. The van der Waals surface area contributed by atoms with Gasteiger partial charge in [0.1, 0.15) is 0 Å². The summed E-state index contributed by atoms with van der Waals surface area (Å²) in [6, 6.07) is 15.9. The van der Waals surface area contributed by atoms with Crippen LogP contribution in [0.2, 0.25) is 0 Å². The number of nitriles is 1. The number of benzene rings is 2. The van der Waals surface area contributed by atoms with Crippen molar-refractivity contribution in [1.29, 1.82) is 5.26 Å². The lowest BCUT2D eigenvalue weighted by Gasteiger charge is -2.20. The molecule has 26 heavy (non-hydrogen) atoms. The summed E-state index contributed by atoms with van der Waals surface area (Å²) in [6.45, 7) is 0. The molecule has 1 saturated carbocycles. The van der Waals surface area contributed by atoms with Gasteiger partial charge >= 0.3 is 0 Å². The predicted molar refractivity (Wildman–Crippen MR) is 95.4 cm³/mol. The van der Waals surface area contributed by atoms with Gasteiger partial charge in [0.25, 0.3) is 5.91 Å². The Morgan fingerprint density at radius 2 is 2.04 bits per heavy atom. The first-order valence-corrected chi connectivity index (χ1v) is 8.48. The van der Waals surface area contributed by atoms with Crippen LogP contribution in [0.3, 0.4) is 0 Å². The molecule has 0 aliphatic heterocycles. The highest BCUT2D eigenvalue weighted by Crippen LogP contribution is 2.36. The fraction of sp³-hybridized carbons (Fsp3) is 0.200. The number of carbonyl (C=O) groups is 1. The smallest absolute Gasteiger partial charge is 0.255 e. The van der Waals surface area contributed by atoms with Crippen LogP contribution in [0, 0.1) is 11.3 Å². The van der Waals surface area contributed by atoms with Crippen LogP contribution in [0.4, 0.5) is 5.69 Å². The molecule has 0 bridgehead atoms. The van der Waals surface area contributed by atoms with Crippen LogP contribution in [0.15, 0.2) is 53.1 Å². The average molecular weight is 344 g/mol. The van der Waals surface area contributed by atoms with E-state index in [1.807, 2.05) is 6.07 Å². The number of hydrogen-bond acceptors (Lipinski definition) is 5. The topological polar surface area (TPSA) is 91.8 Å². The zero-order chi connectivity index (χ0) is 17.9. The van der Waals surface area contributed by atoms with Crippen LogP contribution in [-0.4, -0.2) is 16.0 Å². The lowest BCUT2D eigenvalue weighted by Crippen LogP contribution is -2.12. The quantitative estimate of drug-likeness (QED) is 0.768. The Morgan fingerprint density at radius 1 is 1.19 bits per heavy atom. The summed E-state index contributed by atoms with van der Waals surface area (Å²) < 4.78 is 5.35. The van der Waals surface area contributed by atoms with E-state index in [4.69, 9.17) is 9.78 Å². The SMILES string of the molecule is N#Cc1cccc(NC(=O)c2cccc(-c3noc(C4CCC4)n3)c2)c1. The van der Waals surface area contributed by atoms with Crippen molar-refractivity contribution in [2.24, 2.45) is 0 Å². The van der Waals surface area contributed by atoms with Crippen molar-refractivity contribution in [2.45, 2.75) is 25.2 Å². The first-order chi connectivity index (χ1) is 12.7. The van der Waals surface area contributed by atoms with E-state index in [1.54, 1.807) is 42.5 Å². The van der Waals surface area contributed by atoms with Crippen molar-refractivity contribution in [1.82, 2.24) is 10.1 Å². The molecule has 3 aromatic rings. The van der Waals surface area contributed by atoms with Crippen LogP contribution < -0.4 is 5.32 Å². The molecular formula is C20H16N4O2. The second kappa shape index (κ2) is 6.81. The second-order valence-electron chi connectivity index (χ2n) is 6.31. The molecule has 6 heteroatoms. The van der Waals surface area contributed by atoms with E-state index in [0.717, 1.165) is 18.4 Å². The van der Waals surface area contributed by atoms with E-state index < -0.39 is 0 Å². The zero-order valence-electron chi connectivity index (χ0n) is 14.0. The minimum Gasteiger partial charge on any atom is -0.339 e. The Kier molecular flexibility index (Phi) is 4.20. The summed E-state index contributed by atoms with van der Waals surface area (Å²) in [5.41, 5.74) is 2.29. The summed E-state index contributed by atoms with van der Waals surface area (Å²) >= 11 is 0. The molecule has 2 aromatic carbocycles. The van der Waals surface area contributed by atoms with E-state index in [0.29, 0.717) is 34.4 Å². The Morgan fingerprint density at radius 3 is 2.81 bits per heavy atom. The maximum atomic E-state index is 12.5. The fourth-order valence-electron chi connectivity index (χ4n) is 2.84. The van der Waals surface area contributed by atoms with Crippen LogP contribution in [0.25, 0.3) is 11.4 Å². The van der Waals surface area contributed by atoms with Crippen molar-refractivity contribution in [3.05, 3.63) is 65.5 Å². The van der Waals surface area contributed by atoms with Gasteiger partial charge in [-0.2, -0.15) is 10.2 Å². The minimum atomic E-state index is -0.260. The molecule has 4 rings (SSSR count). The van der Waals surface area contributed by atoms with E-state index in [-0.39, 0.29) is 5.91 Å². The van der Waals surface area contributed by atoms with Gasteiger partial charge < -0.3 is 9.84 Å². The number of nitrogens with one attached hydrogen (secondary N) is 1. The van der Waals surface area contributed by atoms with Gasteiger partial charge in [0.05, 0.1) is 11.6 Å². The van der Waals surface area contributed by atoms with Gasteiger partial charge in [0, 0.05) is 22.7 Å². The molecule has 128 valence electrons. The number of nitrogens with zero attached hydrogens (tertiary/aromatic N) is 3. The molecule has 1 aliphatic carbocycles. The molecule has 1 N–H and O–H groups in total. The highest BCUT2D eigenvalue weighted by molar-refractivity contribution is 6.04. The van der Waals surface area contributed by atoms with E-state index >= 15 is 0 Å². The number of rotatable bonds is 4. The van der Waals surface area contributed by atoms with Gasteiger partial charge in [-0.15, -0.1) is 0 Å². The standard InChI is InChI=1S/C20H16N4O2/c21-12-13-4-1-9-17(10-13)22-19(25)16-8-3-7-15(11-16)18-23-20(26-24-18)14-5-2-6-14/h1,3-4,7-11,14H,2,5-6H2,(H,22,25). The van der Waals surface area contributed by atoms with Crippen molar-refractivity contribution < 1.29 is 9.32 Å². The first-order valence-electron chi connectivity index (χ1n) is 8.48. The average Bonchev–Trinajstić information content (AvgIpc) is 3.10. The van der Waals surface area contributed by atoms with Crippen LogP contribution >= 0.6 is 0 Å². The highest BCUT2D eigenvalue weighted by Gasteiger charge is 2.25. The lowest BCUT2D eigenvalue weighted by molar-refractivity contribution is 0.102. The summed E-state index contributed by atoms with van der Waals surface area (Å²) in [5.74, 6) is 1.28. The molecule has 1 amide bonds. The molecule has 6 nitrogen and oxygen atoms in total. The maximum Gasteiger partial charge on any atom is 0.255 e. The van der Waals surface area contributed by atoms with Crippen LogP contribution in [-0.2, 0) is 0 Å². The molecule has 1 heterocycles. The fourth-order valence-corrected chi connectivity index (χ4v) is 2.84. The third-order valence-corrected chi connectivity index (χ3v) is 4.53. The van der Waals surface area contributed by atoms with E-state index in [1.165, 1.54) is 6.42 Å². The Bertz CT molecular complexity index is 999. The summed E-state index contributed by atoms with van der Waals surface area (Å²) in [6.07, 6.45) is 3.38. The van der Waals surface area contributed by atoms with Gasteiger partial charge in [0.15, 0.2) is 0 Å². The monoisotopic (exact) mass is 344 g/mol. The van der Waals surface area contributed by atoms with Crippen molar-refractivity contribution >= 4 is 11.6 Å². The third-order valence-electron chi connectivity index (χ3n) is 4.53. The van der Waals surface area contributed by atoms with Crippen LogP contribution in [0.1, 0.15) is 47.0 Å². The Hall–Kier alpha value is -3.46. The Balaban J connectivity index is 1.54. The first kappa shape index (κ1) is 16.0. The lowest BCUT2D eigenvalue weighted by atomic mass is 9.85. The van der Waals surface area contributed by atoms with Crippen molar-refractivity contribution in [3.63, 3.8) is 0 Å². The molecule has 1 aliphatic rings. The maximum absolute atomic E-state index is 12.5. The number of aromatic nitrogens is 2. The molecule has 0 atom stereocenters. The predicted octanol–water partition coefficient (Wildman–Crippen LogP) is 4.13. The van der Waals surface area contributed by atoms with Crippen molar-refractivity contribution in [2.75, 3.05) is 5.32 Å². The summed E-state index contributed by atoms with van der Waals surface area (Å²) in [5, 5.41) is 15.8. The van der Waals surface area contributed by atoms with Gasteiger partial charge in [0.2, 0.25) is 11.7 Å². The van der Waals surface area contributed by atoms with E-state index in [9.17, 15) is 4.79 Å². The molecule has 0 saturated heterocycles. The highest BCUT2D eigenvalue weighted by atomic mass is 16.5. The van der Waals surface area contributed by atoms with Crippen LogP contribution in [0.5, 0.6) is 0 Å². The minimum absolute atomic E-state index is 0.260. The van der Waals surface area contributed by atoms with E-state index in [2.05, 4.69) is 21.5 Å². The number of anilines is 1. The molecule has 0 spiro atoms. The molecule has 1 fully saturated rings. The zero-order valence-corrected chi connectivity index (χ0v) is 14.0. The third kappa shape index (κ3) is 3.20. The molecule has 0 unspecified atom stereocenters. The number of amides is 1. The van der Waals surface area contributed by atoms with Gasteiger partial charge in [-0.25, -0.2) is 0 Å².